The number of furan rings is 1. The standard InChI is InChI=1S/C16H19ClN2O4S/c1-11-4-7-14(23-11)10-19(3)16(20)12(2)18-24(21,22)15-8-5-13(17)6-9-15/h4-9,12,18H,10H2,1-3H3. The van der Waals surface area contributed by atoms with Crippen LogP contribution in [0.2, 0.25) is 5.02 Å². The number of benzene rings is 1. The molecule has 0 radical (unpaired) electrons. The summed E-state index contributed by atoms with van der Waals surface area (Å²) in [7, 11) is -2.21. The Morgan fingerprint density at radius 2 is 1.88 bits per heavy atom. The van der Waals surface area contributed by atoms with Gasteiger partial charge in [-0.2, -0.15) is 4.72 Å². The molecule has 0 aliphatic carbocycles. The Balaban J connectivity index is 2.03. The molecule has 1 amide bonds. The number of halogens is 1. The van der Waals surface area contributed by atoms with Gasteiger partial charge in [0.1, 0.15) is 11.5 Å². The second-order valence-corrected chi connectivity index (χ2v) is 7.65. The van der Waals surface area contributed by atoms with E-state index in [4.69, 9.17) is 16.0 Å². The maximum atomic E-state index is 12.4. The zero-order chi connectivity index (χ0) is 17.9. The molecule has 6 nitrogen and oxygen atoms in total. The first-order valence-corrected chi connectivity index (χ1v) is 9.13. The van der Waals surface area contributed by atoms with E-state index in [-0.39, 0.29) is 17.3 Å². The van der Waals surface area contributed by atoms with Gasteiger partial charge in [0.15, 0.2) is 0 Å². The fourth-order valence-electron chi connectivity index (χ4n) is 2.18. The van der Waals surface area contributed by atoms with E-state index in [0.717, 1.165) is 5.76 Å². The molecule has 1 unspecified atom stereocenters. The number of carbonyl (C=O) groups excluding carboxylic acids is 1. The van der Waals surface area contributed by atoms with Crippen molar-refractivity contribution in [1.29, 1.82) is 0 Å². The number of carbonyl (C=O) groups is 1. The van der Waals surface area contributed by atoms with Crippen molar-refractivity contribution in [3.8, 4) is 0 Å². The van der Waals surface area contributed by atoms with Crippen LogP contribution >= 0.6 is 11.6 Å². The number of hydrogen-bond acceptors (Lipinski definition) is 4. The first-order valence-electron chi connectivity index (χ1n) is 7.27. The summed E-state index contributed by atoms with van der Waals surface area (Å²) >= 11 is 5.75. The lowest BCUT2D eigenvalue weighted by Gasteiger charge is -2.21. The van der Waals surface area contributed by atoms with Crippen LogP contribution in [0.3, 0.4) is 0 Å². The van der Waals surface area contributed by atoms with E-state index >= 15 is 0 Å². The van der Waals surface area contributed by atoms with Crippen LogP contribution in [-0.2, 0) is 21.4 Å². The first-order chi connectivity index (χ1) is 11.2. The predicted molar refractivity (Wildman–Crippen MR) is 91.2 cm³/mol. The zero-order valence-electron chi connectivity index (χ0n) is 13.6. The van der Waals surface area contributed by atoms with Crippen LogP contribution in [-0.4, -0.2) is 32.3 Å². The van der Waals surface area contributed by atoms with Crippen LogP contribution in [0.5, 0.6) is 0 Å². The Bertz CT molecular complexity index is 815. The summed E-state index contributed by atoms with van der Waals surface area (Å²) in [6, 6.07) is 8.41. The van der Waals surface area contributed by atoms with Gasteiger partial charge in [0, 0.05) is 12.1 Å². The summed E-state index contributed by atoms with van der Waals surface area (Å²) in [6.07, 6.45) is 0. The molecule has 130 valence electrons. The fourth-order valence-corrected chi connectivity index (χ4v) is 3.50. The Labute approximate surface area is 146 Å². The molecule has 0 saturated carbocycles. The van der Waals surface area contributed by atoms with Crippen LogP contribution in [0.15, 0.2) is 45.7 Å². The van der Waals surface area contributed by atoms with E-state index < -0.39 is 16.1 Å². The highest BCUT2D eigenvalue weighted by Gasteiger charge is 2.24. The lowest BCUT2D eigenvalue weighted by Crippen LogP contribution is -2.45. The van der Waals surface area contributed by atoms with E-state index in [1.54, 1.807) is 19.2 Å². The minimum Gasteiger partial charge on any atom is -0.464 e. The molecule has 0 fully saturated rings. The molecule has 1 heterocycles. The maximum absolute atomic E-state index is 12.4. The van der Waals surface area contributed by atoms with E-state index in [1.807, 2.05) is 6.92 Å². The van der Waals surface area contributed by atoms with Gasteiger partial charge in [0.2, 0.25) is 15.9 Å². The number of amides is 1. The average Bonchev–Trinajstić information content (AvgIpc) is 2.91. The Morgan fingerprint density at radius 1 is 1.25 bits per heavy atom. The number of sulfonamides is 1. The van der Waals surface area contributed by atoms with Crippen molar-refractivity contribution in [2.45, 2.75) is 31.3 Å². The maximum Gasteiger partial charge on any atom is 0.241 e. The summed E-state index contributed by atoms with van der Waals surface area (Å²) in [6.45, 7) is 3.58. The Kier molecular flexibility index (Phi) is 5.69. The molecular formula is C16H19ClN2O4S. The molecule has 0 bridgehead atoms. The third kappa shape index (κ3) is 4.59. The van der Waals surface area contributed by atoms with E-state index in [0.29, 0.717) is 10.8 Å². The molecule has 24 heavy (non-hydrogen) atoms. The predicted octanol–water partition coefficient (Wildman–Crippen LogP) is 2.57. The second-order valence-electron chi connectivity index (χ2n) is 5.50. The van der Waals surface area contributed by atoms with Crippen molar-refractivity contribution < 1.29 is 17.6 Å². The minimum absolute atomic E-state index is 0.0517. The van der Waals surface area contributed by atoms with Crippen molar-refractivity contribution in [2.24, 2.45) is 0 Å². The molecule has 8 heteroatoms. The summed E-state index contributed by atoms with van der Waals surface area (Å²) in [5, 5.41) is 0.437. The molecule has 0 spiro atoms. The molecule has 1 aromatic heterocycles. The van der Waals surface area contributed by atoms with E-state index in [2.05, 4.69) is 4.72 Å². The largest absolute Gasteiger partial charge is 0.464 e. The van der Waals surface area contributed by atoms with Crippen molar-refractivity contribution in [3.63, 3.8) is 0 Å². The quantitative estimate of drug-likeness (QED) is 0.847. The molecule has 1 aromatic carbocycles. The molecule has 1 atom stereocenters. The first kappa shape index (κ1) is 18.5. The van der Waals surface area contributed by atoms with E-state index in [1.165, 1.54) is 36.1 Å². The molecule has 0 aliphatic rings. The molecule has 2 aromatic rings. The second kappa shape index (κ2) is 7.38. The van der Waals surface area contributed by atoms with Crippen LogP contribution < -0.4 is 4.72 Å². The highest BCUT2D eigenvalue weighted by atomic mass is 35.5. The highest BCUT2D eigenvalue weighted by Crippen LogP contribution is 2.15. The van der Waals surface area contributed by atoms with Gasteiger partial charge >= 0.3 is 0 Å². The van der Waals surface area contributed by atoms with Gasteiger partial charge < -0.3 is 9.32 Å². The van der Waals surface area contributed by atoms with Crippen molar-refractivity contribution in [1.82, 2.24) is 9.62 Å². The Hall–Kier alpha value is -1.83. The number of likely N-dealkylation sites (N-methyl/N-ethyl adjacent to an activating group) is 1. The third-order valence-corrected chi connectivity index (χ3v) is 5.20. The Morgan fingerprint density at radius 3 is 2.42 bits per heavy atom. The van der Waals surface area contributed by atoms with Crippen molar-refractivity contribution >= 4 is 27.5 Å². The monoisotopic (exact) mass is 370 g/mol. The number of nitrogens with one attached hydrogen (secondary N) is 1. The third-order valence-electron chi connectivity index (χ3n) is 3.39. The number of nitrogens with zero attached hydrogens (tertiary/aromatic N) is 1. The van der Waals surface area contributed by atoms with Gasteiger partial charge in [-0.05, 0) is 50.2 Å². The van der Waals surface area contributed by atoms with Gasteiger partial charge in [-0.15, -0.1) is 0 Å². The highest BCUT2D eigenvalue weighted by molar-refractivity contribution is 7.89. The zero-order valence-corrected chi connectivity index (χ0v) is 15.2. The molecule has 2 rings (SSSR count). The fraction of sp³-hybridized carbons (Fsp3) is 0.312. The molecule has 1 N–H and O–H groups in total. The molecule has 0 saturated heterocycles. The smallest absolute Gasteiger partial charge is 0.241 e. The van der Waals surface area contributed by atoms with Crippen LogP contribution in [0.4, 0.5) is 0 Å². The summed E-state index contributed by atoms with van der Waals surface area (Å²) in [5.74, 6) is 1.03. The van der Waals surface area contributed by atoms with Crippen molar-refractivity contribution in [3.05, 3.63) is 52.9 Å². The van der Waals surface area contributed by atoms with E-state index in [9.17, 15) is 13.2 Å². The average molecular weight is 371 g/mol. The van der Waals surface area contributed by atoms with Gasteiger partial charge in [-0.1, -0.05) is 11.6 Å². The van der Waals surface area contributed by atoms with Gasteiger partial charge in [0.05, 0.1) is 17.5 Å². The van der Waals surface area contributed by atoms with Gasteiger partial charge in [-0.3, -0.25) is 4.79 Å². The van der Waals surface area contributed by atoms with Crippen LogP contribution in [0, 0.1) is 6.92 Å². The van der Waals surface area contributed by atoms with Gasteiger partial charge in [0.25, 0.3) is 0 Å². The lowest BCUT2D eigenvalue weighted by atomic mass is 10.3. The number of hydrogen-bond donors (Lipinski definition) is 1. The van der Waals surface area contributed by atoms with Gasteiger partial charge in [-0.25, -0.2) is 8.42 Å². The lowest BCUT2D eigenvalue weighted by molar-refractivity contribution is -0.132. The van der Waals surface area contributed by atoms with Crippen LogP contribution in [0.25, 0.3) is 0 Å². The summed E-state index contributed by atoms with van der Waals surface area (Å²) < 4.78 is 32.4. The summed E-state index contributed by atoms with van der Waals surface area (Å²) in [5.41, 5.74) is 0. The van der Waals surface area contributed by atoms with Crippen molar-refractivity contribution in [2.75, 3.05) is 7.05 Å². The number of aryl methyl sites for hydroxylation is 1. The molecule has 0 aliphatic heterocycles. The summed E-state index contributed by atoms with van der Waals surface area (Å²) in [4.78, 5) is 13.8. The van der Waals surface area contributed by atoms with Crippen LogP contribution in [0.1, 0.15) is 18.4 Å². The topological polar surface area (TPSA) is 79.6 Å². The SMILES string of the molecule is Cc1ccc(CN(C)C(=O)C(C)NS(=O)(=O)c2ccc(Cl)cc2)o1. The molecular weight excluding hydrogens is 352 g/mol. The normalized spacial score (nSPS) is 12.8. The number of rotatable bonds is 6. The minimum atomic E-state index is -3.80.